The van der Waals surface area contributed by atoms with Crippen molar-refractivity contribution in [3.63, 3.8) is 0 Å². The average molecular weight is 407 g/mol. The third kappa shape index (κ3) is 4.48. The number of pyridine rings is 1. The quantitative estimate of drug-likeness (QED) is 0.791. The molecule has 28 heavy (non-hydrogen) atoms. The van der Waals surface area contributed by atoms with E-state index in [0.29, 0.717) is 25.3 Å². The molecule has 0 aliphatic carbocycles. The Morgan fingerprint density at radius 3 is 2.79 bits per heavy atom. The summed E-state index contributed by atoms with van der Waals surface area (Å²) in [4.78, 5) is 16.7. The molecule has 0 bridgehead atoms. The lowest BCUT2D eigenvalue weighted by atomic mass is 9.99. The fourth-order valence-corrected chi connectivity index (χ4v) is 4.72. The van der Waals surface area contributed by atoms with E-state index in [1.54, 1.807) is 18.3 Å². The van der Waals surface area contributed by atoms with E-state index in [1.165, 1.54) is 23.5 Å². The van der Waals surface area contributed by atoms with Crippen LogP contribution in [0.1, 0.15) is 18.4 Å². The molecule has 1 aliphatic rings. The number of aromatic nitrogens is 1. The molecule has 1 fully saturated rings. The first-order valence-corrected chi connectivity index (χ1v) is 10.4. The van der Waals surface area contributed by atoms with Gasteiger partial charge in [0.05, 0.1) is 17.9 Å². The highest BCUT2D eigenvalue weighted by Crippen LogP contribution is 2.24. The molecule has 9 heteroatoms. The van der Waals surface area contributed by atoms with Crippen LogP contribution in [0.5, 0.6) is 5.88 Å². The second-order valence-corrected chi connectivity index (χ2v) is 8.48. The van der Waals surface area contributed by atoms with Gasteiger partial charge in [-0.25, -0.2) is 17.8 Å². The molecule has 2 aromatic rings. The number of nitrogens with zero attached hydrogens (tertiary/aromatic N) is 2. The number of carbonyl (C=O) groups excluding carboxylic acids is 1. The highest BCUT2D eigenvalue weighted by molar-refractivity contribution is 7.89. The Morgan fingerprint density at radius 1 is 1.32 bits per heavy atom. The summed E-state index contributed by atoms with van der Waals surface area (Å²) < 4.78 is 45.1. The smallest absolute Gasteiger partial charge is 0.243 e. The Kier molecular flexibility index (Phi) is 6.25. The first-order chi connectivity index (χ1) is 13.4. The molecule has 0 radical (unpaired) electrons. The van der Waals surface area contributed by atoms with Gasteiger partial charge in [0.25, 0.3) is 0 Å². The van der Waals surface area contributed by atoms with E-state index in [4.69, 9.17) is 4.74 Å². The molecular weight excluding hydrogens is 385 g/mol. The van der Waals surface area contributed by atoms with E-state index in [1.807, 2.05) is 0 Å². The molecule has 1 unspecified atom stereocenters. The number of sulfonamides is 1. The maximum absolute atomic E-state index is 13.1. The summed E-state index contributed by atoms with van der Waals surface area (Å²) in [5.74, 6) is -0.732. The lowest BCUT2D eigenvalue weighted by Gasteiger charge is -2.31. The summed E-state index contributed by atoms with van der Waals surface area (Å²) in [6.45, 7) is 0.673. The predicted octanol–water partition coefficient (Wildman–Crippen LogP) is 1.95. The van der Waals surface area contributed by atoms with Crippen LogP contribution in [-0.4, -0.2) is 43.8 Å². The minimum absolute atomic E-state index is 0.0232. The number of piperidine rings is 1. The van der Waals surface area contributed by atoms with Crippen molar-refractivity contribution in [2.75, 3.05) is 20.2 Å². The Bertz CT molecular complexity index is 934. The van der Waals surface area contributed by atoms with Gasteiger partial charge in [-0.05, 0) is 43.2 Å². The molecule has 1 aromatic carbocycles. The number of amides is 1. The fourth-order valence-electron chi connectivity index (χ4n) is 3.20. The standard InChI is InChI=1S/C19H22FN3O4S/c1-27-19-14(4-2-10-21-19)12-22-18(24)15-5-3-11-23(13-15)28(25,26)17-8-6-16(20)7-9-17/h2,4,6-10,15H,3,5,11-13H2,1H3,(H,22,24). The molecular formula is C19H22FN3O4S. The molecule has 1 aliphatic heterocycles. The van der Waals surface area contributed by atoms with E-state index >= 15 is 0 Å². The molecule has 3 rings (SSSR count). The highest BCUT2D eigenvalue weighted by atomic mass is 32.2. The fraction of sp³-hybridized carbons (Fsp3) is 0.368. The predicted molar refractivity (Wildman–Crippen MR) is 101 cm³/mol. The Labute approximate surface area is 163 Å². The SMILES string of the molecule is COc1ncccc1CNC(=O)C1CCCN(S(=O)(=O)c2ccc(F)cc2)C1. The van der Waals surface area contributed by atoms with Crippen LogP contribution < -0.4 is 10.1 Å². The van der Waals surface area contributed by atoms with Crippen molar-refractivity contribution in [2.45, 2.75) is 24.3 Å². The maximum Gasteiger partial charge on any atom is 0.243 e. The van der Waals surface area contributed by atoms with Gasteiger partial charge in [0.15, 0.2) is 0 Å². The van der Waals surface area contributed by atoms with Gasteiger partial charge in [-0.2, -0.15) is 4.31 Å². The normalized spacial score (nSPS) is 17.9. The Morgan fingerprint density at radius 2 is 2.07 bits per heavy atom. The zero-order valence-corrected chi connectivity index (χ0v) is 16.3. The van der Waals surface area contributed by atoms with Gasteiger partial charge >= 0.3 is 0 Å². The second kappa shape index (κ2) is 8.66. The van der Waals surface area contributed by atoms with E-state index in [0.717, 1.165) is 17.7 Å². The Balaban J connectivity index is 1.65. The first kappa shape index (κ1) is 20.2. The molecule has 150 valence electrons. The molecule has 2 heterocycles. The van der Waals surface area contributed by atoms with Gasteiger partial charge in [0.2, 0.25) is 21.8 Å². The van der Waals surface area contributed by atoms with Crippen LogP contribution in [-0.2, 0) is 21.4 Å². The number of benzene rings is 1. The van der Waals surface area contributed by atoms with Gasteiger partial charge in [0, 0.05) is 31.4 Å². The largest absolute Gasteiger partial charge is 0.481 e. The monoisotopic (exact) mass is 407 g/mol. The molecule has 1 N–H and O–H groups in total. The third-order valence-corrected chi connectivity index (χ3v) is 6.58. The third-order valence-electron chi connectivity index (χ3n) is 4.70. The van der Waals surface area contributed by atoms with Crippen LogP contribution in [0.2, 0.25) is 0 Å². The first-order valence-electron chi connectivity index (χ1n) is 8.93. The minimum atomic E-state index is -3.77. The van der Waals surface area contributed by atoms with E-state index in [2.05, 4.69) is 10.3 Å². The van der Waals surface area contributed by atoms with Crippen LogP contribution in [0, 0.1) is 11.7 Å². The number of halogens is 1. The van der Waals surface area contributed by atoms with Crippen LogP contribution in [0.15, 0.2) is 47.5 Å². The molecule has 0 saturated carbocycles. The highest BCUT2D eigenvalue weighted by Gasteiger charge is 2.33. The molecule has 1 aromatic heterocycles. The van der Waals surface area contributed by atoms with Crippen molar-refractivity contribution in [1.29, 1.82) is 0 Å². The number of hydrogen-bond donors (Lipinski definition) is 1. The summed E-state index contributed by atoms with van der Waals surface area (Å²) in [5.41, 5.74) is 0.741. The van der Waals surface area contributed by atoms with Gasteiger partial charge in [0.1, 0.15) is 5.82 Å². The maximum atomic E-state index is 13.1. The van der Waals surface area contributed by atoms with E-state index in [-0.39, 0.29) is 23.9 Å². The van der Waals surface area contributed by atoms with E-state index in [9.17, 15) is 17.6 Å². The van der Waals surface area contributed by atoms with Crippen molar-refractivity contribution in [3.8, 4) is 5.88 Å². The van der Waals surface area contributed by atoms with Crippen LogP contribution >= 0.6 is 0 Å². The molecule has 1 saturated heterocycles. The van der Waals surface area contributed by atoms with Crippen molar-refractivity contribution in [1.82, 2.24) is 14.6 Å². The summed E-state index contributed by atoms with van der Waals surface area (Å²) in [6, 6.07) is 8.26. The van der Waals surface area contributed by atoms with E-state index < -0.39 is 21.8 Å². The molecule has 1 amide bonds. The molecule has 1 atom stereocenters. The van der Waals surface area contributed by atoms with Gasteiger partial charge in [-0.15, -0.1) is 0 Å². The van der Waals surface area contributed by atoms with Crippen LogP contribution in [0.3, 0.4) is 0 Å². The van der Waals surface area contributed by atoms with Crippen molar-refractivity contribution >= 4 is 15.9 Å². The zero-order valence-electron chi connectivity index (χ0n) is 15.5. The van der Waals surface area contributed by atoms with Gasteiger partial charge in [-0.1, -0.05) is 6.07 Å². The zero-order chi connectivity index (χ0) is 20.1. The molecule has 0 spiro atoms. The van der Waals surface area contributed by atoms with Crippen molar-refractivity contribution < 1.29 is 22.3 Å². The lowest BCUT2D eigenvalue weighted by molar-refractivity contribution is -0.126. The number of rotatable bonds is 6. The van der Waals surface area contributed by atoms with Crippen LogP contribution in [0.25, 0.3) is 0 Å². The summed E-state index contributed by atoms with van der Waals surface area (Å²) in [6.07, 6.45) is 2.78. The number of methoxy groups -OCH3 is 1. The summed E-state index contributed by atoms with van der Waals surface area (Å²) >= 11 is 0. The second-order valence-electron chi connectivity index (χ2n) is 6.55. The van der Waals surface area contributed by atoms with Crippen LogP contribution in [0.4, 0.5) is 4.39 Å². The van der Waals surface area contributed by atoms with Gasteiger partial charge < -0.3 is 10.1 Å². The van der Waals surface area contributed by atoms with Gasteiger partial charge in [-0.3, -0.25) is 4.79 Å². The summed E-state index contributed by atoms with van der Waals surface area (Å²) in [5, 5.41) is 2.83. The number of nitrogens with one attached hydrogen (secondary N) is 1. The summed E-state index contributed by atoms with van der Waals surface area (Å²) in [7, 11) is -2.26. The molecule has 7 nitrogen and oxygen atoms in total. The van der Waals surface area contributed by atoms with Crippen molar-refractivity contribution in [3.05, 3.63) is 54.0 Å². The number of carbonyl (C=O) groups is 1. The number of ether oxygens (including phenoxy) is 1. The topological polar surface area (TPSA) is 88.6 Å². The lowest BCUT2D eigenvalue weighted by Crippen LogP contribution is -2.45. The number of hydrogen-bond acceptors (Lipinski definition) is 5. The average Bonchev–Trinajstić information content (AvgIpc) is 2.72. The Hall–Kier alpha value is -2.52. The minimum Gasteiger partial charge on any atom is -0.481 e. The van der Waals surface area contributed by atoms with Crippen molar-refractivity contribution in [2.24, 2.45) is 5.92 Å².